The third-order valence-corrected chi connectivity index (χ3v) is 9.39. The van der Waals surface area contributed by atoms with Gasteiger partial charge in [-0.05, 0) is 78.8 Å². The molecule has 0 atom stereocenters. The second kappa shape index (κ2) is 10.7. The Hall–Kier alpha value is -3.50. The van der Waals surface area contributed by atoms with Crippen LogP contribution in [0.4, 0.5) is 21.6 Å². The molecule has 0 amide bonds. The van der Waals surface area contributed by atoms with Crippen LogP contribution in [0.2, 0.25) is 0 Å². The molecular formula is C27H28FIN6O5S. The number of hydrogen-bond donors (Lipinski definition) is 2. The maximum Gasteiger partial charge on any atom is 0.336 e. The van der Waals surface area contributed by atoms with Crippen molar-refractivity contribution in [2.45, 2.75) is 32.7 Å². The molecule has 5 rings (SSSR count). The molecule has 4 aromatic rings. The van der Waals surface area contributed by atoms with Gasteiger partial charge in [-0.1, -0.05) is 13.0 Å². The van der Waals surface area contributed by atoms with Crippen LogP contribution in [0.3, 0.4) is 0 Å². The zero-order valence-electron chi connectivity index (χ0n) is 22.7. The monoisotopic (exact) mass is 694 g/mol. The van der Waals surface area contributed by atoms with E-state index in [1.165, 1.54) is 54.4 Å². The number of pyridine rings is 1. The maximum atomic E-state index is 14.9. The third-order valence-electron chi connectivity index (χ3n) is 7.15. The Kier molecular flexibility index (Phi) is 7.59. The van der Waals surface area contributed by atoms with E-state index in [2.05, 4.69) is 10.0 Å². The number of nitrogens with one attached hydrogen (secondary N) is 2. The molecule has 1 fully saturated rings. The van der Waals surface area contributed by atoms with Gasteiger partial charge in [0.15, 0.2) is 0 Å². The Labute approximate surface area is 248 Å². The number of nitrogens with zero attached hydrogens (tertiary/aromatic N) is 4. The smallest absolute Gasteiger partial charge is 0.336 e. The van der Waals surface area contributed by atoms with Gasteiger partial charge in [0.25, 0.3) is 11.1 Å². The molecule has 216 valence electrons. The highest BCUT2D eigenvalue weighted by molar-refractivity contribution is 14.1. The normalized spacial score (nSPS) is 13.6. The Morgan fingerprint density at radius 1 is 1.10 bits per heavy atom. The molecule has 14 heteroatoms. The maximum absolute atomic E-state index is 14.9. The first-order valence-corrected chi connectivity index (χ1v) is 15.3. The largest absolute Gasteiger partial charge is 0.338 e. The molecule has 0 unspecified atom stereocenters. The highest BCUT2D eigenvalue weighted by Gasteiger charge is 2.31. The van der Waals surface area contributed by atoms with Gasteiger partial charge in [-0.15, -0.1) is 0 Å². The van der Waals surface area contributed by atoms with Gasteiger partial charge in [-0.3, -0.25) is 28.0 Å². The summed E-state index contributed by atoms with van der Waals surface area (Å²) < 4.78 is 48.2. The summed E-state index contributed by atoms with van der Waals surface area (Å²) in [6, 6.07) is 10.3. The Morgan fingerprint density at radius 3 is 2.44 bits per heavy atom. The Morgan fingerprint density at radius 2 is 1.80 bits per heavy atom. The molecule has 11 nitrogen and oxygen atoms in total. The van der Waals surface area contributed by atoms with Gasteiger partial charge in [-0.2, -0.15) is 12.7 Å². The molecular weight excluding hydrogens is 666 g/mol. The summed E-state index contributed by atoms with van der Waals surface area (Å²) in [6.07, 6.45) is 1.26. The van der Waals surface area contributed by atoms with E-state index >= 15 is 0 Å². The molecule has 0 aliphatic heterocycles. The van der Waals surface area contributed by atoms with Crippen LogP contribution in [0.1, 0.15) is 31.4 Å². The van der Waals surface area contributed by atoms with Crippen LogP contribution in [0.25, 0.3) is 16.6 Å². The average molecular weight is 695 g/mol. The van der Waals surface area contributed by atoms with E-state index in [0.717, 1.165) is 8.87 Å². The van der Waals surface area contributed by atoms with E-state index in [0.29, 0.717) is 16.4 Å². The fourth-order valence-corrected chi connectivity index (χ4v) is 6.05. The first kappa shape index (κ1) is 29.0. The number of aryl methyl sites for hydroxylation is 1. The molecule has 0 saturated heterocycles. The predicted octanol–water partition coefficient (Wildman–Crippen LogP) is 3.59. The van der Waals surface area contributed by atoms with Crippen LogP contribution < -0.4 is 26.8 Å². The van der Waals surface area contributed by atoms with Crippen LogP contribution in [-0.4, -0.2) is 40.0 Å². The SMILES string of the molecule is CCN(C)S(=O)(=O)Nc1cccc(-n2c(=O)n(C3CC3)c(=O)c3c(Nc4ccc(I)cc4F)n(C)c(=O)c(C)c32)c1. The van der Waals surface area contributed by atoms with Crippen LogP contribution in [0, 0.1) is 16.3 Å². The van der Waals surface area contributed by atoms with Crippen molar-refractivity contribution in [1.29, 1.82) is 0 Å². The fraction of sp³-hybridized carbons (Fsp3) is 0.296. The summed E-state index contributed by atoms with van der Waals surface area (Å²) in [5, 5.41) is 2.96. The Balaban J connectivity index is 1.83. The summed E-state index contributed by atoms with van der Waals surface area (Å²) in [5.74, 6) is -0.545. The topological polar surface area (TPSA) is 127 Å². The molecule has 1 aliphatic carbocycles. The van der Waals surface area contributed by atoms with Crippen molar-refractivity contribution >= 4 is 60.9 Å². The number of aromatic nitrogens is 3. The zero-order chi connectivity index (χ0) is 29.8. The molecule has 2 N–H and O–H groups in total. The fourth-order valence-electron chi connectivity index (χ4n) is 4.68. The minimum atomic E-state index is -3.86. The van der Waals surface area contributed by atoms with Crippen molar-refractivity contribution in [2.24, 2.45) is 7.05 Å². The van der Waals surface area contributed by atoms with E-state index in [1.54, 1.807) is 25.1 Å². The van der Waals surface area contributed by atoms with Gasteiger partial charge < -0.3 is 5.32 Å². The quantitative estimate of drug-likeness (QED) is 0.272. The second-order valence-corrected chi connectivity index (χ2v) is 12.9. The molecule has 2 aromatic heterocycles. The third kappa shape index (κ3) is 5.19. The number of hydrogen-bond acceptors (Lipinski definition) is 6. The number of rotatable bonds is 8. The van der Waals surface area contributed by atoms with Crippen molar-refractivity contribution < 1.29 is 12.8 Å². The van der Waals surface area contributed by atoms with E-state index < -0.39 is 32.8 Å². The summed E-state index contributed by atoms with van der Waals surface area (Å²) in [6.45, 7) is 3.45. The zero-order valence-corrected chi connectivity index (χ0v) is 25.7. The Bertz CT molecular complexity index is 2000. The van der Waals surface area contributed by atoms with Gasteiger partial charge in [0.05, 0.1) is 22.6 Å². The van der Waals surface area contributed by atoms with Crippen molar-refractivity contribution in [1.82, 2.24) is 18.0 Å². The molecule has 0 radical (unpaired) electrons. The summed E-state index contributed by atoms with van der Waals surface area (Å²) in [7, 11) is -0.961. The van der Waals surface area contributed by atoms with E-state index in [4.69, 9.17) is 0 Å². The van der Waals surface area contributed by atoms with Gasteiger partial charge in [-0.25, -0.2) is 9.18 Å². The number of anilines is 3. The predicted molar refractivity (Wildman–Crippen MR) is 165 cm³/mol. The summed E-state index contributed by atoms with van der Waals surface area (Å²) >= 11 is 1.98. The standard InChI is InChI=1S/C27H28FIN6O5S/c1-5-32(3)41(39,40)31-17-7-6-8-19(14-17)34-23-15(2)25(36)33(4)24(30-21-12-9-16(29)13-20(21)28)22(23)26(37)35(27(34)38)18-10-11-18/h6-9,12-14,18,30-31H,5,10-11H2,1-4H3. The molecule has 0 spiro atoms. The highest BCUT2D eigenvalue weighted by Crippen LogP contribution is 2.34. The van der Waals surface area contributed by atoms with E-state index in [-0.39, 0.29) is 51.9 Å². The van der Waals surface area contributed by atoms with Gasteiger partial charge in [0.1, 0.15) is 17.0 Å². The highest BCUT2D eigenvalue weighted by atomic mass is 127. The first-order chi connectivity index (χ1) is 19.4. The molecule has 2 heterocycles. The number of benzene rings is 2. The molecule has 1 saturated carbocycles. The van der Waals surface area contributed by atoms with E-state index in [1.807, 2.05) is 22.6 Å². The van der Waals surface area contributed by atoms with Crippen LogP contribution >= 0.6 is 22.6 Å². The molecule has 1 aliphatic rings. The first-order valence-electron chi connectivity index (χ1n) is 12.8. The van der Waals surface area contributed by atoms with Crippen molar-refractivity contribution in [3.05, 3.63) is 88.6 Å². The molecule has 0 bridgehead atoms. The number of fused-ring (bicyclic) bond motifs is 1. The number of halogens is 2. The second-order valence-electron chi connectivity index (χ2n) is 9.91. The van der Waals surface area contributed by atoms with Crippen LogP contribution in [0.15, 0.2) is 56.8 Å². The van der Waals surface area contributed by atoms with Crippen molar-refractivity contribution in [2.75, 3.05) is 23.6 Å². The lowest BCUT2D eigenvalue weighted by Crippen LogP contribution is -2.41. The van der Waals surface area contributed by atoms with Crippen LogP contribution in [0.5, 0.6) is 0 Å². The molecule has 41 heavy (non-hydrogen) atoms. The van der Waals surface area contributed by atoms with E-state index in [9.17, 15) is 27.2 Å². The lowest BCUT2D eigenvalue weighted by Gasteiger charge is -2.21. The van der Waals surface area contributed by atoms with Crippen molar-refractivity contribution in [3.63, 3.8) is 0 Å². The van der Waals surface area contributed by atoms with Crippen LogP contribution in [-0.2, 0) is 17.3 Å². The average Bonchev–Trinajstić information content (AvgIpc) is 3.75. The molecule has 2 aromatic carbocycles. The minimum Gasteiger partial charge on any atom is -0.338 e. The van der Waals surface area contributed by atoms with Gasteiger partial charge in [0, 0.05) is 35.8 Å². The van der Waals surface area contributed by atoms with Gasteiger partial charge in [0.2, 0.25) is 0 Å². The lowest BCUT2D eigenvalue weighted by atomic mass is 10.1. The summed E-state index contributed by atoms with van der Waals surface area (Å²) in [4.78, 5) is 41.3. The minimum absolute atomic E-state index is 0.0327. The van der Waals surface area contributed by atoms with Crippen molar-refractivity contribution in [3.8, 4) is 5.69 Å². The lowest BCUT2D eigenvalue weighted by molar-refractivity contribution is 0.491. The summed E-state index contributed by atoms with van der Waals surface area (Å²) in [5.41, 5.74) is -1.08. The van der Waals surface area contributed by atoms with Gasteiger partial charge >= 0.3 is 15.9 Å².